The molecule has 0 saturated carbocycles. The van der Waals surface area contributed by atoms with Crippen LogP contribution in [0.25, 0.3) is 5.57 Å². The number of hydrazone groups is 1. The van der Waals surface area contributed by atoms with Gasteiger partial charge in [-0.25, -0.2) is 9.59 Å². The third-order valence-corrected chi connectivity index (χ3v) is 3.81. The van der Waals surface area contributed by atoms with E-state index < -0.39 is 29.2 Å². The molecular formula is C19H17F3N4O4. The second kappa shape index (κ2) is 8.99. The summed E-state index contributed by atoms with van der Waals surface area (Å²) >= 11 is 0. The number of ether oxygens (including phenoxy) is 2. The first-order valence-corrected chi connectivity index (χ1v) is 8.17. The molecular weight excluding hydrogens is 405 g/mol. The van der Waals surface area contributed by atoms with Gasteiger partial charge in [-0.3, -0.25) is 0 Å². The van der Waals surface area contributed by atoms with Gasteiger partial charge in [-0.2, -0.15) is 18.3 Å². The Hall–Kier alpha value is -4.02. The van der Waals surface area contributed by atoms with E-state index in [1.165, 1.54) is 25.3 Å². The van der Waals surface area contributed by atoms with Gasteiger partial charge in [-0.1, -0.05) is 18.7 Å². The van der Waals surface area contributed by atoms with Crippen molar-refractivity contribution >= 4 is 35.2 Å². The summed E-state index contributed by atoms with van der Waals surface area (Å²) in [6.07, 6.45) is -3.83. The van der Waals surface area contributed by atoms with Crippen LogP contribution in [0.15, 0.2) is 48.1 Å². The molecule has 0 spiro atoms. The van der Waals surface area contributed by atoms with Crippen LogP contribution in [0.1, 0.15) is 21.5 Å². The Balaban J connectivity index is 2.31. The van der Waals surface area contributed by atoms with Crippen LogP contribution < -0.4 is 21.6 Å². The van der Waals surface area contributed by atoms with Crippen LogP contribution in [0, 0.1) is 0 Å². The molecule has 30 heavy (non-hydrogen) atoms. The number of anilines is 2. The number of hydrogen-bond acceptors (Lipinski definition) is 7. The van der Waals surface area contributed by atoms with Gasteiger partial charge in [0.1, 0.15) is 12.1 Å². The molecule has 2 aromatic carbocycles. The normalized spacial score (nSPS) is 11.2. The summed E-state index contributed by atoms with van der Waals surface area (Å²) in [4.78, 5) is 24.7. The average molecular weight is 422 g/mol. The zero-order valence-electron chi connectivity index (χ0n) is 15.6. The SMILES string of the molecule is C=C(C(=O)OC(=O)c1cc(NC=NN)cc(C(F)(F)F)c1)c1cccc(N)c1OC. The smallest absolute Gasteiger partial charge is 0.416 e. The predicted molar refractivity (Wildman–Crippen MR) is 105 cm³/mol. The molecule has 0 heterocycles. The molecule has 0 radical (unpaired) electrons. The van der Waals surface area contributed by atoms with E-state index in [-0.39, 0.29) is 28.3 Å². The highest BCUT2D eigenvalue weighted by Gasteiger charge is 2.32. The molecule has 0 fully saturated rings. The highest BCUT2D eigenvalue weighted by molar-refractivity contribution is 6.20. The lowest BCUT2D eigenvalue weighted by atomic mass is 10.1. The number of hydrogen-bond donors (Lipinski definition) is 3. The molecule has 5 N–H and O–H groups in total. The molecule has 0 saturated heterocycles. The highest BCUT2D eigenvalue weighted by Crippen LogP contribution is 2.33. The van der Waals surface area contributed by atoms with Crippen LogP contribution in [0.5, 0.6) is 5.75 Å². The Labute approximate surface area is 168 Å². The number of rotatable bonds is 6. The summed E-state index contributed by atoms with van der Waals surface area (Å²) in [5, 5.41) is 5.47. The number of benzene rings is 2. The predicted octanol–water partition coefficient (Wildman–Crippen LogP) is 3.01. The lowest BCUT2D eigenvalue weighted by Gasteiger charge is -2.13. The van der Waals surface area contributed by atoms with E-state index in [0.717, 1.165) is 18.5 Å². The van der Waals surface area contributed by atoms with E-state index >= 15 is 0 Å². The molecule has 0 aliphatic carbocycles. The number of carbonyl (C=O) groups excluding carboxylic acids is 2. The van der Waals surface area contributed by atoms with Crippen molar-refractivity contribution < 1.29 is 32.2 Å². The largest absolute Gasteiger partial charge is 0.494 e. The molecule has 0 amide bonds. The number of para-hydroxylation sites is 1. The zero-order valence-corrected chi connectivity index (χ0v) is 15.6. The second-order valence-corrected chi connectivity index (χ2v) is 5.80. The van der Waals surface area contributed by atoms with Gasteiger partial charge in [0.25, 0.3) is 0 Å². The molecule has 2 aromatic rings. The third-order valence-electron chi connectivity index (χ3n) is 3.81. The van der Waals surface area contributed by atoms with Gasteiger partial charge in [-0.15, -0.1) is 0 Å². The van der Waals surface area contributed by atoms with Crippen LogP contribution in [-0.2, 0) is 15.7 Å². The lowest BCUT2D eigenvalue weighted by molar-refractivity contribution is -0.137. The monoisotopic (exact) mass is 422 g/mol. The molecule has 0 atom stereocenters. The van der Waals surface area contributed by atoms with Gasteiger partial charge in [-0.05, 0) is 24.3 Å². The Bertz CT molecular complexity index is 1020. The van der Waals surface area contributed by atoms with Crippen molar-refractivity contribution in [3.05, 3.63) is 59.7 Å². The minimum Gasteiger partial charge on any atom is -0.494 e. The van der Waals surface area contributed by atoms with Gasteiger partial charge in [0.15, 0.2) is 0 Å². The zero-order chi connectivity index (χ0) is 22.5. The van der Waals surface area contributed by atoms with E-state index in [1.807, 2.05) is 0 Å². The van der Waals surface area contributed by atoms with E-state index in [1.54, 1.807) is 0 Å². The molecule has 11 heteroatoms. The third kappa shape index (κ3) is 5.07. The Morgan fingerprint density at radius 3 is 2.53 bits per heavy atom. The Morgan fingerprint density at radius 1 is 1.23 bits per heavy atom. The summed E-state index contributed by atoms with van der Waals surface area (Å²) in [6.45, 7) is 3.55. The van der Waals surface area contributed by atoms with Crippen LogP contribution in [0.3, 0.4) is 0 Å². The summed E-state index contributed by atoms with van der Waals surface area (Å²) in [6, 6.07) is 6.82. The first-order chi connectivity index (χ1) is 14.1. The minimum atomic E-state index is -4.75. The molecule has 2 rings (SSSR count). The van der Waals surface area contributed by atoms with E-state index in [2.05, 4.69) is 17.0 Å². The first-order valence-electron chi connectivity index (χ1n) is 8.17. The standard InChI is InChI=1S/C19H17F3N4O4/c1-10(14-4-3-5-15(23)16(14)29-2)17(27)30-18(28)11-6-12(19(20,21)22)8-13(7-11)25-9-26-24/h3-9H,1,23-24H2,2H3,(H,25,26). The lowest BCUT2D eigenvalue weighted by Crippen LogP contribution is -2.16. The number of methoxy groups -OCH3 is 1. The van der Waals surface area contributed by atoms with E-state index in [0.29, 0.717) is 6.07 Å². The number of carbonyl (C=O) groups is 2. The summed E-state index contributed by atoms with van der Waals surface area (Å²) in [5.74, 6) is 2.55. The molecule has 0 unspecified atom stereocenters. The topological polar surface area (TPSA) is 129 Å². The van der Waals surface area contributed by atoms with Crippen LogP contribution in [-0.4, -0.2) is 25.4 Å². The van der Waals surface area contributed by atoms with Crippen LogP contribution in [0.2, 0.25) is 0 Å². The van der Waals surface area contributed by atoms with Gasteiger partial charge in [0, 0.05) is 11.3 Å². The molecule has 0 aliphatic heterocycles. The fourth-order valence-corrected chi connectivity index (χ4v) is 2.44. The van der Waals surface area contributed by atoms with E-state index in [9.17, 15) is 22.8 Å². The summed E-state index contributed by atoms with van der Waals surface area (Å²) in [7, 11) is 1.32. The molecule has 8 nitrogen and oxygen atoms in total. The van der Waals surface area contributed by atoms with Crippen molar-refractivity contribution in [3.8, 4) is 5.75 Å². The highest BCUT2D eigenvalue weighted by atomic mass is 19.4. The van der Waals surface area contributed by atoms with Crippen molar-refractivity contribution in [3.63, 3.8) is 0 Å². The maximum atomic E-state index is 13.1. The number of nitrogen functional groups attached to an aromatic ring is 1. The number of nitrogens with one attached hydrogen (secondary N) is 1. The Kier molecular flexibility index (Phi) is 6.67. The number of nitrogens with zero attached hydrogens (tertiary/aromatic N) is 1. The second-order valence-electron chi connectivity index (χ2n) is 5.80. The summed E-state index contributed by atoms with van der Waals surface area (Å²) < 4.78 is 49.2. The molecule has 0 aromatic heterocycles. The Morgan fingerprint density at radius 2 is 1.93 bits per heavy atom. The first kappa shape index (κ1) is 22.3. The van der Waals surface area contributed by atoms with Crippen molar-refractivity contribution in [2.24, 2.45) is 10.9 Å². The summed E-state index contributed by atoms with van der Waals surface area (Å²) in [5.41, 5.74) is 4.05. The van der Waals surface area contributed by atoms with Crippen molar-refractivity contribution in [1.29, 1.82) is 0 Å². The maximum absolute atomic E-state index is 13.1. The fourth-order valence-electron chi connectivity index (χ4n) is 2.44. The van der Waals surface area contributed by atoms with Gasteiger partial charge < -0.3 is 26.4 Å². The van der Waals surface area contributed by atoms with Gasteiger partial charge in [0.05, 0.1) is 29.5 Å². The molecule has 158 valence electrons. The quantitative estimate of drug-likeness (QED) is 0.0954. The maximum Gasteiger partial charge on any atom is 0.416 e. The van der Waals surface area contributed by atoms with Crippen LogP contribution >= 0.6 is 0 Å². The molecule has 0 bridgehead atoms. The van der Waals surface area contributed by atoms with Gasteiger partial charge in [0.2, 0.25) is 0 Å². The minimum absolute atomic E-state index is 0.138. The van der Waals surface area contributed by atoms with Crippen LogP contribution in [0.4, 0.5) is 24.5 Å². The number of alkyl halides is 3. The van der Waals surface area contributed by atoms with Crippen molar-refractivity contribution in [2.45, 2.75) is 6.18 Å². The number of halogens is 3. The van der Waals surface area contributed by atoms with Crippen molar-refractivity contribution in [2.75, 3.05) is 18.2 Å². The van der Waals surface area contributed by atoms with Gasteiger partial charge >= 0.3 is 18.1 Å². The average Bonchev–Trinajstić information content (AvgIpc) is 2.70. The van der Waals surface area contributed by atoms with Crippen molar-refractivity contribution in [1.82, 2.24) is 0 Å². The number of nitrogens with two attached hydrogens (primary N) is 2. The van der Waals surface area contributed by atoms with E-state index in [4.69, 9.17) is 21.1 Å². The number of esters is 2. The molecule has 0 aliphatic rings. The fraction of sp³-hybridized carbons (Fsp3) is 0.105.